The average Bonchev–Trinajstić information content (AvgIpc) is 3.13. The number of benzene rings is 1. The number of aromatic nitrogens is 5. The lowest BCUT2D eigenvalue weighted by molar-refractivity contribution is 0.804. The van der Waals surface area contributed by atoms with Gasteiger partial charge >= 0.3 is 0 Å². The number of nitrogens with one attached hydrogen (secondary N) is 1. The van der Waals surface area contributed by atoms with E-state index in [0.717, 1.165) is 11.3 Å². The first-order chi connectivity index (χ1) is 12.2. The Hall–Kier alpha value is -3.19. The van der Waals surface area contributed by atoms with Crippen LogP contribution in [-0.4, -0.2) is 24.4 Å². The molecule has 8 heteroatoms. The monoisotopic (exact) mass is 352 g/mol. The summed E-state index contributed by atoms with van der Waals surface area (Å²) in [7, 11) is 0. The summed E-state index contributed by atoms with van der Waals surface area (Å²) in [5.74, 6) is 0. The maximum absolute atomic E-state index is 12.5. The van der Waals surface area contributed by atoms with E-state index >= 15 is 0 Å². The van der Waals surface area contributed by atoms with Gasteiger partial charge in [0.25, 0.3) is 5.56 Å². The average molecular weight is 353 g/mol. The molecule has 0 bridgehead atoms. The zero-order valence-electron chi connectivity index (χ0n) is 13.0. The quantitative estimate of drug-likeness (QED) is 0.610. The van der Waals surface area contributed by atoms with E-state index in [1.165, 1.54) is 10.9 Å². The molecule has 0 unspecified atom stereocenters. The van der Waals surface area contributed by atoms with Crippen molar-refractivity contribution in [2.45, 2.75) is 6.54 Å². The summed E-state index contributed by atoms with van der Waals surface area (Å²) in [5.41, 5.74) is 2.39. The Morgan fingerprint density at radius 2 is 1.88 bits per heavy atom. The number of anilines is 1. The van der Waals surface area contributed by atoms with Crippen molar-refractivity contribution in [1.82, 2.24) is 24.4 Å². The van der Waals surface area contributed by atoms with Gasteiger partial charge in [-0.1, -0.05) is 29.8 Å². The molecule has 7 nitrogen and oxygen atoms in total. The number of nitrogens with zero attached hydrogens (tertiary/aromatic N) is 5. The molecule has 0 radical (unpaired) electrons. The normalized spacial score (nSPS) is 10.9. The fraction of sp³-hybridized carbons (Fsp3) is 0.0588. The first-order valence-corrected chi connectivity index (χ1v) is 7.96. The molecule has 1 N–H and O–H groups in total. The van der Waals surface area contributed by atoms with Crippen LogP contribution in [0.3, 0.4) is 0 Å². The fourth-order valence-corrected chi connectivity index (χ4v) is 2.71. The van der Waals surface area contributed by atoms with Crippen LogP contribution in [0.1, 0.15) is 5.69 Å². The molecule has 0 atom stereocenters. The first kappa shape index (κ1) is 15.3. The van der Waals surface area contributed by atoms with E-state index in [-0.39, 0.29) is 10.6 Å². The zero-order valence-corrected chi connectivity index (χ0v) is 13.8. The van der Waals surface area contributed by atoms with Crippen LogP contribution in [0.2, 0.25) is 5.02 Å². The number of hydrogen-bond donors (Lipinski definition) is 1. The highest BCUT2D eigenvalue weighted by molar-refractivity contribution is 6.32. The Balaban J connectivity index is 1.63. The predicted octanol–water partition coefficient (Wildman–Crippen LogP) is 2.54. The van der Waals surface area contributed by atoms with Crippen LogP contribution in [0.15, 0.2) is 65.8 Å². The largest absolute Gasteiger partial charge is 0.377 e. The molecule has 0 aliphatic rings. The topological polar surface area (TPSA) is 77.1 Å². The lowest BCUT2D eigenvalue weighted by Gasteiger charge is -2.11. The molecule has 0 aliphatic heterocycles. The zero-order chi connectivity index (χ0) is 17.2. The lowest BCUT2D eigenvalue weighted by atomic mass is 10.3. The van der Waals surface area contributed by atoms with E-state index in [1.807, 2.05) is 30.3 Å². The third-order valence-corrected chi connectivity index (χ3v) is 4.11. The molecule has 0 spiro atoms. The first-order valence-electron chi connectivity index (χ1n) is 7.59. The summed E-state index contributed by atoms with van der Waals surface area (Å²) in [4.78, 5) is 16.7. The van der Waals surface area contributed by atoms with Crippen LogP contribution in [-0.2, 0) is 6.54 Å². The van der Waals surface area contributed by atoms with Crippen LogP contribution in [0.5, 0.6) is 0 Å². The van der Waals surface area contributed by atoms with Gasteiger partial charge < -0.3 is 5.32 Å². The van der Waals surface area contributed by atoms with Crippen molar-refractivity contribution in [3.63, 3.8) is 0 Å². The highest BCUT2D eigenvalue weighted by Crippen LogP contribution is 2.17. The molecule has 4 aromatic rings. The van der Waals surface area contributed by atoms with E-state index < -0.39 is 0 Å². The molecule has 0 aliphatic carbocycles. The third kappa shape index (κ3) is 2.85. The Bertz CT molecular complexity index is 1090. The van der Waals surface area contributed by atoms with Crippen LogP contribution < -0.4 is 10.9 Å². The van der Waals surface area contributed by atoms with Gasteiger partial charge in [0, 0.05) is 12.3 Å². The van der Waals surface area contributed by atoms with E-state index in [0.29, 0.717) is 17.9 Å². The van der Waals surface area contributed by atoms with Crippen molar-refractivity contribution < 1.29 is 0 Å². The van der Waals surface area contributed by atoms with Gasteiger partial charge in [-0.2, -0.15) is 14.9 Å². The van der Waals surface area contributed by atoms with Gasteiger partial charge in [-0.3, -0.25) is 4.79 Å². The summed E-state index contributed by atoms with van der Waals surface area (Å²) in [6.45, 7) is 0.427. The minimum atomic E-state index is -0.378. The lowest BCUT2D eigenvalue weighted by Crippen LogP contribution is -2.22. The molecule has 25 heavy (non-hydrogen) atoms. The van der Waals surface area contributed by atoms with Crippen LogP contribution in [0.4, 0.5) is 5.69 Å². The number of para-hydroxylation sites is 1. The van der Waals surface area contributed by atoms with Gasteiger partial charge in [0.2, 0.25) is 0 Å². The highest BCUT2D eigenvalue weighted by atomic mass is 35.5. The highest BCUT2D eigenvalue weighted by Gasteiger charge is 2.11. The standard InChI is InChI=1S/C17H13ClN6O/c18-16-14(11-22-24(17(16)25)12-4-2-1-3-5-12)20-10-13-6-8-19-15-7-9-21-23(13)15/h1-9,11,20H,10H2. The summed E-state index contributed by atoms with van der Waals surface area (Å²) in [5, 5.41) is 11.6. The van der Waals surface area contributed by atoms with E-state index in [2.05, 4.69) is 20.5 Å². The minimum absolute atomic E-state index is 0.0876. The molecule has 3 aromatic heterocycles. The third-order valence-electron chi connectivity index (χ3n) is 3.75. The molecular formula is C17H13ClN6O. The molecule has 0 saturated heterocycles. The summed E-state index contributed by atoms with van der Waals surface area (Å²) in [6, 6.07) is 12.8. The SMILES string of the molecule is O=c1c(Cl)c(NCc2ccnc3ccnn23)cnn1-c1ccccc1. The van der Waals surface area contributed by atoms with Gasteiger partial charge in [-0.05, 0) is 18.2 Å². The second-order valence-electron chi connectivity index (χ2n) is 5.32. The molecule has 0 fully saturated rings. The molecule has 0 amide bonds. The Morgan fingerprint density at radius 1 is 1.04 bits per heavy atom. The molecule has 124 valence electrons. The minimum Gasteiger partial charge on any atom is -0.377 e. The second-order valence-corrected chi connectivity index (χ2v) is 5.69. The van der Waals surface area contributed by atoms with Gasteiger partial charge in [0.1, 0.15) is 5.02 Å². The van der Waals surface area contributed by atoms with Gasteiger partial charge in [0.05, 0.1) is 36.0 Å². The molecule has 3 heterocycles. The van der Waals surface area contributed by atoms with Gasteiger partial charge in [0.15, 0.2) is 5.65 Å². The smallest absolute Gasteiger partial charge is 0.292 e. The van der Waals surface area contributed by atoms with Gasteiger partial charge in [-0.15, -0.1) is 0 Å². The summed E-state index contributed by atoms with van der Waals surface area (Å²) in [6.07, 6.45) is 4.93. The number of halogens is 1. The summed E-state index contributed by atoms with van der Waals surface area (Å²) >= 11 is 6.24. The van der Waals surface area contributed by atoms with E-state index in [9.17, 15) is 4.79 Å². The number of rotatable bonds is 4. The summed E-state index contributed by atoms with van der Waals surface area (Å²) < 4.78 is 2.99. The maximum Gasteiger partial charge on any atom is 0.292 e. The number of fused-ring (bicyclic) bond motifs is 1. The van der Waals surface area contributed by atoms with Crippen molar-refractivity contribution >= 4 is 22.9 Å². The van der Waals surface area contributed by atoms with Crippen molar-refractivity contribution in [3.05, 3.63) is 82.1 Å². The van der Waals surface area contributed by atoms with Crippen LogP contribution in [0, 0.1) is 0 Å². The van der Waals surface area contributed by atoms with E-state index in [1.54, 1.807) is 29.0 Å². The van der Waals surface area contributed by atoms with Crippen molar-refractivity contribution in [1.29, 1.82) is 0 Å². The number of hydrogen-bond acceptors (Lipinski definition) is 5. The van der Waals surface area contributed by atoms with Crippen LogP contribution >= 0.6 is 11.6 Å². The Labute approximate surface area is 147 Å². The molecule has 1 aromatic carbocycles. The van der Waals surface area contributed by atoms with Crippen molar-refractivity contribution in [3.8, 4) is 5.69 Å². The molecule has 4 rings (SSSR count). The van der Waals surface area contributed by atoms with Crippen molar-refractivity contribution in [2.75, 3.05) is 5.32 Å². The second kappa shape index (κ2) is 6.37. The van der Waals surface area contributed by atoms with Crippen molar-refractivity contribution in [2.24, 2.45) is 0 Å². The van der Waals surface area contributed by atoms with E-state index in [4.69, 9.17) is 11.6 Å². The van der Waals surface area contributed by atoms with Gasteiger partial charge in [-0.25, -0.2) is 9.50 Å². The fourth-order valence-electron chi connectivity index (χ4n) is 2.51. The van der Waals surface area contributed by atoms with Crippen LogP contribution in [0.25, 0.3) is 11.3 Å². The molecule has 0 saturated carbocycles. The Kier molecular flexibility index (Phi) is 3.91. The Morgan fingerprint density at radius 3 is 2.72 bits per heavy atom. The maximum atomic E-state index is 12.5. The predicted molar refractivity (Wildman–Crippen MR) is 95.2 cm³/mol. The molecular weight excluding hydrogens is 340 g/mol.